The van der Waals surface area contributed by atoms with Crippen LogP contribution in [0.15, 0.2) is 24.5 Å². The van der Waals surface area contributed by atoms with E-state index in [1.165, 1.54) is 11.3 Å². The van der Waals surface area contributed by atoms with Crippen LogP contribution in [0.25, 0.3) is 0 Å². The molecule has 6 nitrogen and oxygen atoms in total. The lowest BCUT2D eigenvalue weighted by Gasteiger charge is -2.15. The van der Waals surface area contributed by atoms with Gasteiger partial charge in [-0.25, -0.2) is 0 Å². The fraction of sp³-hybridized carbons (Fsp3) is 0.333. The average molecular weight is 277 g/mol. The van der Waals surface area contributed by atoms with Crippen molar-refractivity contribution in [3.8, 4) is 0 Å². The third kappa shape index (κ3) is 3.47. The molecule has 2 aromatic rings. The van der Waals surface area contributed by atoms with Crippen molar-refractivity contribution in [3.63, 3.8) is 0 Å². The summed E-state index contributed by atoms with van der Waals surface area (Å²) in [7, 11) is 1.75. The quantitative estimate of drug-likeness (QED) is 0.899. The number of carbonyl (C=O) groups excluding carboxylic acids is 1. The number of nitrogens with one attached hydrogen (secondary N) is 1. The lowest BCUT2D eigenvalue weighted by Crippen LogP contribution is -2.26. The van der Waals surface area contributed by atoms with E-state index >= 15 is 0 Å². The summed E-state index contributed by atoms with van der Waals surface area (Å²) in [5.74, 6) is -0.126. The summed E-state index contributed by atoms with van der Waals surface area (Å²) in [5, 5.41) is 11.9. The van der Waals surface area contributed by atoms with Crippen molar-refractivity contribution in [1.29, 1.82) is 0 Å². The Labute approximate surface area is 115 Å². The Morgan fingerprint density at radius 2 is 2.11 bits per heavy atom. The van der Waals surface area contributed by atoms with E-state index in [9.17, 15) is 4.79 Å². The minimum atomic E-state index is -0.126. The van der Waals surface area contributed by atoms with Crippen LogP contribution >= 0.6 is 11.3 Å². The first kappa shape index (κ1) is 13.4. The molecule has 2 heterocycles. The van der Waals surface area contributed by atoms with Crippen LogP contribution in [0.3, 0.4) is 0 Å². The van der Waals surface area contributed by atoms with Gasteiger partial charge in [-0.05, 0) is 24.6 Å². The number of nitrogens with zero attached hydrogens (tertiary/aromatic N) is 4. The molecular weight excluding hydrogens is 262 g/mol. The first-order valence-electron chi connectivity index (χ1n) is 5.92. The van der Waals surface area contributed by atoms with Gasteiger partial charge in [0.15, 0.2) is 0 Å². The highest BCUT2D eigenvalue weighted by atomic mass is 32.1. The van der Waals surface area contributed by atoms with Crippen LogP contribution in [-0.2, 0) is 6.54 Å². The summed E-state index contributed by atoms with van der Waals surface area (Å²) in [6, 6.07) is 3.77. The number of anilines is 1. The third-order valence-electron chi connectivity index (χ3n) is 2.45. The molecule has 0 radical (unpaired) electrons. The van der Waals surface area contributed by atoms with Crippen molar-refractivity contribution in [2.75, 3.05) is 18.9 Å². The molecule has 0 aliphatic rings. The minimum Gasteiger partial charge on any atom is -0.360 e. The van der Waals surface area contributed by atoms with Gasteiger partial charge in [-0.15, -0.1) is 10.2 Å². The number of pyridine rings is 1. The molecule has 0 spiro atoms. The van der Waals surface area contributed by atoms with Gasteiger partial charge in [-0.2, -0.15) is 0 Å². The summed E-state index contributed by atoms with van der Waals surface area (Å²) in [5.41, 5.74) is 1.03. The lowest BCUT2D eigenvalue weighted by atomic mass is 10.2. The highest BCUT2D eigenvalue weighted by Gasteiger charge is 2.17. The van der Waals surface area contributed by atoms with E-state index in [-0.39, 0.29) is 5.91 Å². The molecular formula is C12H15N5OS. The summed E-state index contributed by atoms with van der Waals surface area (Å²) in [6.45, 7) is 3.26. The standard InChI is InChI=1S/C12H15N5OS/c1-3-14-12-16-15-10(19-12)11(18)17(2)8-9-4-6-13-7-5-9/h4-7H,3,8H2,1-2H3,(H,14,16). The van der Waals surface area contributed by atoms with Crippen molar-refractivity contribution >= 4 is 22.4 Å². The monoisotopic (exact) mass is 277 g/mol. The van der Waals surface area contributed by atoms with Crippen LogP contribution in [-0.4, -0.2) is 39.6 Å². The van der Waals surface area contributed by atoms with E-state index in [2.05, 4.69) is 20.5 Å². The first-order valence-corrected chi connectivity index (χ1v) is 6.74. The average Bonchev–Trinajstić information content (AvgIpc) is 2.88. The van der Waals surface area contributed by atoms with E-state index in [0.29, 0.717) is 16.7 Å². The third-order valence-corrected chi connectivity index (χ3v) is 3.32. The SMILES string of the molecule is CCNc1nnc(C(=O)N(C)Cc2ccncc2)s1. The maximum atomic E-state index is 12.2. The van der Waals surface area contributed by atoms with Gasteiger partial charge >= 0.3 is 0 Å². The highest BCUT2D eigenvalue weighted by molar-refractivity contribution is 7.17. The van der Waals surface area contributed by atoms with Gasteiger partial charge in [0.25, 0.3) is 5.91 Å². The summed E-state index contributed by atoms with van der Waals surface area (Å²) in [4.78, 5) is 17.7. The topological polar surface area (TPSA) is 71.0 Å². The Bertz CT molecular complexity index is 542. The van der Waals surface area contributed by atoms with E-state index in [0.717, 1.165) is 12.1 Å². The van der Waals surface area contributed by atoms with Crippen LogP contribution in [0, 0.1) is 0 Å². The molecule has 2 rings (SSSR count). The normalized spacial score (nSPS) is 10.2. The van der Waals surface area contributed by atoms with Gasteiger partial charge in [0, 0.05) is 32.5 Å². The Hall–Kier alpha value is -2.02. The highest BCUT2D eigenvalue weighted by Crippen LogP contribution is 2.17. The van der Waals surface area contributed by atoms with Gasteiger partial charge in [-0.3, -0.25) is 9.78 Å². The van der Waals surface area contributed by atoms with E-state index in [1.807, 2.05) is 19.1 Å². The second-order valence-corrected chi connectivity index (χ2v) is 4.94. The molecule has 0 bridgehead atoms. The maximum absolute atomic E-state index is 12.2. The molecule has 0 aliphatic heterocycles. The fourth-order valence-electron chi connectivity index (χ4n) is 1.53. The van der Waals surface area contributed by atoms with Crippen LogP contribution < -0.4 is 5.32 Å². The van der Waals surface area contributed by atoms with Crippen molar-refractivity contribution in [1.82, 2.24) is 20.1 Å². The number of aromatic nitrogens is 3. The Morgan fingerprint density at radius 1 is 1.37 bits per heavy atom. The number of hydrogen-bond donors (Lipinski definition) is 1. The summed E-state index contributed by atoms with van der Waals surface area (Å²) < 4.78 is 0. The second kappa shape index (κ2) is 6.24. The molecule has 0 saturated carbocycles. The van der Waals surface area contributed by atoms with Gasteiger partial charge in [-0.1, -0.05) is 11.3 Å². The Balaban J connectivity index is 2.02. The van der Waals surface area contributed by atoms with Crippen LogP contribution in [0.2, 0.25) is 0 Å². The van der Waals surface area contributed by atoms with Crippen LogP contribution in [0.5, 0.6) is 0 Å². The zero-order valence-electron chi connectivity index (χ0n) is 10.8. The molecule has 0 aliphatic carbocycles. The lowest BCUT2D eigenvalue weighted by molar-refractivity contribution is 0.0784. The molecule has 1 N–H and O–H groups in total. The van der Waals surface area contributed by atoms with Gasteiger partial charge in [0.1, 0.15) is 0 Å². The molecule has 0 aromatic carbocycles. The molecule has 0 unspecified atom stereocenters. The first-order chi connectivity index (χ1) is 9.20. The van der Waals surface area contributed by atoms with Gasteiger partial charge in [0.05, 0.1) is 0 Å². The molecule has 0 saturated heterocycles. The number of hydrogen-bond acceptors (Lipinski definition) is 6. The largest absolute Gasteiger partial charge is 0.360 e. The van der Waals surface area contributed by atoms with Crippen LogP contribution in [0.4, 0.5) is 5.13 Å². The number of carbonyl (C=O) groups is 1. The van der Waals surface area contributed by atoms with Crippen molar-refractivity contribution in [3.05, 3.63) is 35.1 Å². The van der Waals surface area contributed by atoms with Crippen molar-refractivity contribution in [2.24, 2.45) is 0 Å². The molecule has 0 atom stereocenters. The van der Waals surface area contributed by atoms with E-state index in [4.69, 9.17) is 0 Å². The molecule has 100 valence electrons. The van der Waals surface area contributed by atoms with Gasteiger partial charge < -0.3 is 10.2 Å². The van der Waals surface area contributed by atoms with Crippen LogP contribution in [0.1, 0.15) is 22.3 Å². The number of rotatable bonds is 5. The zero-order valence-corrected chi connectivity index (χ0v) is 11.6. The maximum Gasteiger partial charge on any atom is 0.284 e. The molecule has 1 amide bonds. The predicted molar refractivity (Wildman–Crippen MR) is 74.1 cm³/mol. The van der Waals surface area contributed by atoms with E-state index < -0.39 is 0 Å². The number of amides is 1. The smallest absolute Gasteiger partial charge is 0.284 e. The van der Waals surface area contributed by atoms with Gasteiger partial charge in [0.2, 0.25) is 10.1 Å². The summed E-state index contributed by atoms with van der Waals surface area (Å²) in [6.07, 6.45) is 3.42. The minimum absolute atomic E-state index is 0.126. The fourth-order valence-corrected chi connectivity index (χ4v) is 2.34. The molecule has 19 heavy (non-hydrogen) atoms. The molecule has 7 heteroatoms. The summed E-state index contributed by atoms with van der Waals surface area (Å²) >= 11 is 1.27. The Kier molecular flexibility index (Phi) is 4.40. The van der Waals surface area contributed by atoms with E-state index in [1.54, 1.807) is 24.3 Å². The molecule has 0 fully saturated rings. The molecule has 2 aromatic heterocycles. The predicted octanol–water partition coefficient (Wildman–Crippen LogP) is 1.64. The zero-order chi connectivity index (χ0) is 13.7. The van der Waals surface area contributed by atoms with Crippen molar-refractivity contribution in [2.45, 2.75) is 13.5 Å². The van der Waals surface area contributed by atoms with Crippen molar-refractivity contribution < 1.29 is 4.79 Å². The second-order valence-electron chi connectivity index (χ2n) is 3.96. The Morgan fingerprint density at radius 3 is 2.79 bits per heavy atom.